The molecule has 9 rings (SSSR count). The van der Waals surface area contributed by atoms with E-state index < -0.39 is 0 Å². The van der Waals surface area contributed by atoms with Crippen molar-refractivity contribution < 1.29 is 0 Å². The van der Waals surface area contributed by atoms with E-state index in [1.807, 2.05) is 0 Å². The first-order valence-electron chi connectivity index (χ1n) is 14.4. The lowest BCUT2D eigenvalue weighted by atomic mass is 10.1. The zero-order valence-corrected chi connectivity index (χ0v) is 23.5. The van der Waals surface area contributed by atoms with Gasteiger partial charge >= 0.3 is 0 Å². The maximum absolute atomic E-state index is 2.39. The molecular weight excluding hydrogens is 512 g/mol. The van der Waals surface area contributed by atoms with Crippen molar-refractivity contribution in [2.24, 2.45) is 0 Å². The minimum Gasteiger partial charge on any atom is -0.341 e. The maximum Gasteiger partial charge on any atom is 0.0671 e. The Hall–Kier alpha value is -5.48. The van der Waals surface area contributed by atoms with Gasteiger partial charge in [0, 0.05) is 47.0 Å². The average molecular weight is 541 g/mol. The van der Waals surface area contributed by atoms with Gasteiger partial charge in [-0.05, 0) is 60.7 Å². The molecule has 0 atom stereocenters. The first-order chi connectivity index (χ1) is 20.7. The van der Waals surface area contributed by atoms with E-state index in [-0.39, 0.29) is 0 Å². The monoisotopic (exact) mass is 540 g/mol. The summed E-state index contributed by atoms with van der Waals surface area (Å²) in [6.45, 7) is 0. The van der Waals surface area contributed by atoms with E-state index in [1.165, 1.54) is 66.4 Å². The summed E-state index contributed by atoms with van der Waals surface area (Å²) in [4.78, 5) is 4.66. The van der Waals surface area contributed by atoms with Crippen LogP contribution in [0.15, 0.2) is 133 Å². The standard InChI is InChI=1S/C38H28N4/c1-39-35-21-19-26(42-33-17-9-5-13-29(33)30-14-6-10-18-34(30)42)24-38(35)40(2)36-22-20-25(23-37(36)39)41-31-15-7-3-11-27(31)28-12-4-8-16-32(28)41/h3-24H,1-2H3. The van der Waals surface area contributed by atoms with Crippen LogP contribution in [0.2, 0.25) is 0 Å². The molecule has 4 nitrogen and oxygen atoms in total. The Morgan fingerprint density at radius 1 is 0.333 bits per heavy atom. The van der Waals surface area contributed by atoms with Crippen LogP contribution in [-0.2, 0) is 0 Å². The fraction of sp³-hybridized carbons (Fsp3) is 0.0526. The minimum atomic E-state index is 1.16. The van der Waals surface area contributed by atoms with Gasteiger partial charge in [0.05, 0.1) is 44.8 Å². The van der Waals surface area contributed by atoms with Gasteiger partial charge in [-0.15, -0.1) is 0 Å². The Balaban J connectivity index is 1.20. The molecule has 0 radical (unpaired) electrons. The predicted molar refractivity (Wildman–Crippen MR) is 178 cm³/mol. The molecule has 42 heavy (non-hydrogen) atoms. The van der Waals surface area contributed by atoms with Crippen LogP contribution in [0.5, 0.6) is 0 Å². The third-order valence-electron chi connectivity index (χ3n) is 9.04. The highest BCUT2D eigenvalue weighted by atomic mass is 15.2. The van der Waals surface area contributed by atoms with Crippen molar-refractivity contribution in [2.45, 2.75) is 0 Å². The van der Waals surface area contributed by atoms with E-state index >= 15 is 0 Å². The third kappa shape index (κ3) is 3.06. The van der Waals surface area contributed by atoms with Crippen molar-refractivity contribution in [1.82, 2.24) is 9.13 Å². The van der Waals surface area contributed by atoms with E-state index in [4.69, 9.17) is 0 Å². The van der Waals surface area contributed by atoms with Gasteiger partial charge in [-0.1, -0.05) is 72.8 Å². The lowest BCUT2D eigenvalue weighted by Crippen LogP contribution is -2.24. The number of hydrogen-bond acceptors (Lipinski definition) is 2. The van der Waals surface area contributed by atoms with Crippen molar-refractivity contribution in [3.05, 3.63) is 133 Å². The predicted octanol–water partition coefficient (Wildman–Crippen LogP) is 9.73. The highest BCUT2D eigenvalue weighted by Gasteiger charge is 2.26. The Morgan fingerprint density at radius 3 is 0.976 bits per heavy atom. The highest BCUT2D eigenvalue weighted by Crippen LogP contribution is 2.48. The molecule has 0 amide bonds. The molecule has 2 aromatic heterocycles. The highest BCUT2D eigenvalue weighted by molar-refractivity contribution is 6.10. The van der Waals surface area contributed by atoms with Crippen LogP contribution in [0.3, 0.4) is 0 Å². The van der Waals surface area contributed by atoms with E-state index in [9.17, 15) is 0 Å². The summed E-state index contributed by atoms with van der Waals surface area (Å²) < 4.78 is 4.78. The molecule has 0 saturated heterocycles. The van der Waals surface area contributed by atoms with Gasteiger partial charge in [0.2, 0.25) is 0 Å². The van der Waals surface area contributed by atoms with Gasteiger partial charge in [-0.25, -0.2) is 0 Å². The molecular formula is C38H28N4. The van der Waals surface area contributed by atoms with Gasteiger partial charge in [0.1, 0.15) is 0 Å². The van der Waals surface area contributed by atoms with Crippen molar-refractivity contribution in [3.8, 4) is 11.4 Å². The van der Waals surface area contributed by atoms with Gasteiger partial charge in [0.25, 0.3) is 0 Å². The summed E-state index contributed by atoms with van der Waals surface area (Å²) in [6, 6.07) is 48.4. The smallest absolute Gasteiger partial charge is 0.0671 e. The van der Waals surface area contributed by atoms with Crippen molar-refractivity contribution >= 4 is 66.4 Å². The number of anilines is 4. The van der Waals surface area contributed by atoms with Gasteiger partial charge < -0.3 is 18.9 Å². The lowest BCUT2D eigenvalue weighted by molar-refractivity contribution is 1.07. The Kier molecular flexibility index (Phi) is 4.71. The fourth-order valence-electron chi connectivity index (χ4n) is 7.07. The molecule has 200 valence electrons. The van der Waals surface area contributed by atoms with Gasteiger partial charge in [-0.3, -0.25) is 0 Å². The molecule has 0 fully saturated rings. The summed E-state index contributed by atoms with van der Waals surface area (Å²) in [5.41, 5.74) is 12.0. The van der Waals surface area contributed by atoms with Gasteiger partial charge in [-0.2, -0.15) is 0 Å². The molecule has 1 aliphatic rings. The topological polar surface area (TPSA) is 16.3 Å². The first kappa shape index (κ1) is 23.2. The van der Waals surface area contributed by atoms with E-state index in [0.717, 1.165) is 11.4 Å². The second-order valence-electron chi connectivity index (χ2n) is 11.2. The molecule has 0 spiro atoms. The second kappa shape index (κ2) is 8.51. The van der Waals surface area contributed by atoms with Crippen LogP contribution in [0.1, 0.15) is 0 Å². The first-order valence-corrected chi connectivity index (χ1v) is 14.4. The quantitative estimate of drug-likeness (QED) is 0.217. The normalized spacial score (nSPS) is 12.9. The van der Waals surface area contributed by atoms with Crippen LogP contribution in [0, 0.1) is 0 Å². The van der Waals surface area contributed by atoms with Gasteiger partial charge in [0.15, 0.2) is 0 Å². The summed E-state index contributed by atoms with van der Waals surface area (Å²) >= 11 is 0. The lowest BCUT2D eigenvalue weighted by Gasteiger charge is -2.37. The molecule has 3 heterocycles. The average Bonchev–Trinajstić information content (AvgIpc) is 3.56. The fourth-order valence-corrected chi connectivity index (χ4v) is 7.07. The zero-order valence-electron chi connectivity index (χ0n) is 23.5. The van der Waals surface area contributed by atoms with E-state index in [0.29, 0.717) is 0 Å². The number of para-hydroxylation sites is 4. The van der Waals surface area contributed by atoms with Crippen LogP contribution < -0.4 is 9.80 Å². The number of benzene rings is 6. The Labute approximate surface area is 243 Å². The number of nitrogens with zero attached hydrogens (tertiary/aromatic N) is 4. The Morgan fingerprint density at radius 2 is 0.643 bits per heavy atom. The largest absolute Gasteiger partial charge is 0.341 e. The molecule has 4 heteroatoms. The van der Waals surface area contributed by atoms with Crippen LogP contribution in [0.25, 0.3) is 55.0 Å². The molecule has 0 bridgehead atoms. The SMILES string of the molecule is CN1c2ccc(-n3c4ccccc4c4ccccc43)cc2N(C)c2ccc(-n3c4ccccc4c4ccccc43)cc21. The number of hydrogen-bond donors (Lipinski definition) is 0. The molecule has 0 aliphatic carbocycles. The zero-order chi connectivity index (χ0) is 27.9. The van der Waals surface area contributed by atoms with Crippen molar-refractivity contribution in [1.29, 1.82) is 0 Å². The molecule has 0 saturated carbocycles. The molecule has 8 aromatic rings. The van der Waals surface area contributed by atoms with E-state index in [1.54, 1.807) is 0 Å². The molecule has 6 aromatic carbocycles. The number of fused-ring (bicyclic) bond motifs is 8. The Bertz CT molecular complexity index is 2080. The minimum absolute atomic E-state index is 1.16. The maximum atomic E-state index is 2.39. The van der Waals surface area contributed by atoms with Crippen LogP contribution >= 0.6 is 0 Å². The van der Waals surface area contributed by atoms with E-state index in [2.05, 4.69) is 166 Å². The molecule has 0 unspecified atom stereocenters. The molecule has 0 N–H and O–H groups in total. The third-order valence-corrected chi connectivity index (χ3v) is 9.04. The summed E-state index contributed by atoms with van der Waals surface area (Å²) in [5, 5.41) is 5.11. The van der Waals surface area contributed by atoms with Crippen LogP contribution in [0.4, 0.5) is 22.7 Å². The summed E-state index contributed by atoms with van der Waals surface area (Å²) in [7, 11) is 4.36. The van der Waals surface area contributed by atoms with Crippen molar-refractivity contribution in [3.63, 3.8) is 0 Å². The number of aromatic nitrogens is 2. The second-order valence-corrected chi connectivity index (χ2v) is 11.2. The van der Waals surface area contributed by atoms with Crippen molar-refractivity contribution in [2.75, 3.05) is 23.9 Å². The molecule has 1 aliphatic heterocycles. The summed E-state index contributed by atoms with van der Waals surface area (Å²) in [6.07, 6.45) is 0. The number of rotatable bonds is 2. The summed E-state index contributed by atoms with van der Waals surface area (Å²) in [5.74, 6) is 0. The van der Waals surface area contributed by atoms with Crippen LogP contribution in [-0.4, -0.2) is 23.2 Å².